The number of hydrogen-bond acceptors (Lipinski definition) is 4. The van der Waals surface area contributed by atoms with E-state index < -0.39 is 0 Å². The first-order chi connectivity index (χ1) is 19.0. The van der Waals surface area contributed by atoms with Crippen molar-refractivity contribution in [2.45, 2.75) is 59.8 Å². The van der Waals surface area contributed by atoms with Crippen LogP contribution in [0, 0.1) is 18.8 Å². The first kappa shape index (κ1) is 31.4. The Morgan fingerprint density at radius 3 is 2.21 bits per heavy atom. The van der Waals surface area contributed by atoms with Crippen LogP contribution in [-0.2, 0) is 31.9 Å². The maximum atomic E-state index is 6.49. The molecular formula is C36H39N4OPt-3. The Bertz CT molecular complexity index is 1760. The summed E-state index contributed by atoms with van der Waals surface area (Å²) in [6.45, 7) is 15.3. The molecule has 0 amide bonds. The van der Waals surface area contributed by atoms with Gasteiger partial charge in [0.05, 0.1) is 0 Å². The Hall–Kier alpha value is -3.56. The number of rotatable bonds is 4. The molecule has 0 radical (unpaired) electrons. The Balaban J connectivity index is 0.00000202. The molecule has 3 aromatic carbocycles. The van der Waals surface area contributed by atoms with Crippen molar-refractivity contribution in [1.29, 1.82) is 0 Å². The van der Waals surface area contributed by atoms with Crippen LogP contribution in [0.15, 0.2) is 79.3 Å². The van der Waals surface area contributed by atoms with Gasteiger partial charge in [-0.25, -0.2) is 4.98 Å². The van der Waals surface area contributed by atoms with Crippen LogP contribution in [0.4, 0.5) is 5.69 Å². The van der Waals surface area contributed by atoms with Gasteiger partial charge in [-0.05, 0) is 59.4 Å². The molecule has 6 heteroatoms. The summed E-state index contributed by atoms with van der Waals surface area (Å²) < 4.78 is 8.68. The second-order valence-corrected chi connectivity index (χ2v) is 12.5. The van der Waals surface area contributed by atoms with Crippen LogP contribution < -0.4 is 9.64 Å². The third-order valence-electron chi connectivity index (χ3n) is 7.36. The summed E-state index contributed by atoms with van der Waals surface area (Å²) >= 11 is 0. The van der Waals surface area contributed by atoms with Gasteiger partial charge in [-0.3, -0.25) is 0 Å². The molecule has 0 aliphatic carbocycles. The van der Waals surface area contributed by atoms with E-state index >= 15 is 0 Å². The molecule has 0 saturated carbocycles. The quantitative estimate of drug-likeness (QED) is 0.172. The zero-order chi connectivity index (χ0) is 28.2. The monoisotopic (exact) mass is 738 g/mol. The number of anilines is 1. The molecule has 1 aliphatic heterocycles. The normalized spacial score (nSPS) is 13.4. The largest absolute Gasteiger partial charge is 0.510 e. The number of hydrogen-bond donors (Lipinski definition) is 0. The van der Waals surface area contributed by atoms with E-state index in [-0.39, 0.29) is 39.3 Å². The Labute approximate surface area is 265 Å². The van der Waals surface area contributed by atoms with Crippen LogP contribution in [0.1, 0.15) is 60.1 Å². The number of pyridine rings is 1. The van der Waals surface area contributed by atoms with Crippen molar-refractivity contribution in [1.82, 2.24) is 14.5 Å². The number of ether oxygens (including phenoxy) is 1. The van der Waals surface area contributed by atoms with Crippen LogP contribution in [0.3, 0.4) is 0 Å². The number of fused-ring (bicyclic) bond motifs is 3. The fourth-order valence-electron chi connectivity index (χ4n) is 5.05. The summed E-state index contributed by atoms with van der Waals surface area (Å²) in [7, 11) is 2.01. The minimum absolute atomic E-state index is 0. The number of para-hydroxylation sites is 1. The predicted octanol–water partition coefficient (Wildman–Crippen LogP) is 9.14. The summed E-state index contributed by atoms with van der Waals surface area (Å²) in [5, 5.41) is 2.27. The van der Waals surface area contributed by atoms with E-state index in [1.54, 1.807) is 0 Å². The molecule has 2 aromatic heterocycles. The van der Waals surface area contributed by atoms with E-state index in [9.17, 15) is 0 Å². The molecule has 1 aliphatic rings. The molecule has 0 atom stereocenters. The van der Waals surface area contributed by atoms with Gasteiger partial charge in [0, 0.05) is 44.3 Å². The van der Waals surface area contributed by atoms with Gasteiger partial charge in [-0.15, -0.1) is 47.0 Å². The molecular weight excluding hydrogens is 700 g/mol. The molecule has 3 heterocycles. The number of aromatic nitrogens is 2. The van der Waals surface area contributed by atoms with E-state index in [0.29, 0.717) is 11.5 Å². The summed E-state index contributed by atoms with van der Waals surface area (Å²) in [6, 6.07) is 28.1. The fraction of sp³-hybridized carbons (Fsp3) is 0.278. The van der Waals surface area contributed by atoms with Crippen LogP contribution in [0.5, 0.6) is 11.5 Å². The molecule has 0 unspecified atom stereocenters. The summed E-state index contributed by atoms with van der Waals surface area (Å²) in [5.74, 6) is 2.16. The van der Waals surface area contributed by atoms with Gasteiger partial charge < -0.3 is 19.1 Å². The first-order valence-corrected chi connectivity index (χ1v) is 13.7. The topological polar surface area (TPSA) is 33.5 Å². The van der Waals surface area contributed by atoms with Gasteiger partial charge in [0.15, 0.2) is 0 Å². The van der Waals surface area contributed by atoms with Crippen LogP contribution in [0.25, 0.3) is 27.6 Å². The maximum Gasteiger partial charge on any atom is 0.135 e. The van der Waals surface area contributed by atoms with Gasteiger partial charge in [0.1, 0.15) is 5.82 Å². The Morgan fingerprint density at radius 2 is 1.52 bits per heavy atom. The smallest absolute Gasteiger partial charge is 0.135 e. The van der Waals surface area contributed by atoms with Crippen molar-refractivity contribution < 1.29 is 25.8 Å². The summed E-state index contributed by atoms with van der Waals surface area (Å²) in [4.78, 5) is 8.86. The average molecular weight is 739 g/mol. The average Bonchev–Trinajstić information content (AvgIpc) is 3.48. The second-order valence-electron chi connectivity index (χ2n) is 12.5. The third kappa shape index (κ3) is 5.99. The molecule has 222 valence electrons. The zero-order valence-electron chi connectivity index (χ0n) is 24.6. The molecule has 5 aromatic rings. The maximum absolute atomic E-state index is 6.49. The summed E-state index contributed by atoms with van der Waals surface area (Å²) in [5.41, 5.74) is 5.32. The predicted molar refractivity (Wildman–Crippen MR) is 171 cm³/mol. The van der Waals surface area contributed by atoms with Crippen molar-refractivity contribution in [3.05, 3.63) is 109 Å². The van der Waals surface area contributed by atoms with Gasteiger partial charge >= 0.3 is 0 Å². The Morgan fingerprint density at radius 1 is 0.786 bits per heavy atom. The molecule has 0 bridgehead atoms. The molecule has 0 spiro atoms. The fourth-order valence-corrected chi connectivity index (χ4v) is 5.05. The molecule has 42 heavy (non-hydrogen) atoms. The summed E-state index contributed by atoms with van der Waals surface area (Å²) in [6.07, 6.45) is 5.94. The van der Waals surface area contributed by atoms with Gasteiger partial charge in [-0.1, -0.05) is 72.7 Å². The van der Waals surface area contributed by atoms with Crippen molar-refractivity contribution >= 4 is 27.5 Å². The first-order valence-electron chi connectivity index (χ1n) is 13.7. The van der Waals surface area contributed by atoms with Gasteiger partial charge in [-0.2, -0.15) is 12.7 Å². The zero-order valence-corrected chi connectivity index (χ0v) is 26.9. The van der Waals surface area contributed by atoms with E-state index in [1.165, 1.54) is 11.1 Å². The van der Waals surface area contributed by atoms with Crippen LogP contribution in [0.2, 0.25) is 0 Å². The van der Waals surface area contributed by atoms with E-state index in [1.807, 2.05) is 43.3 Å². The second kappa shape index (κ2) is 11.6. The van der Waals surface area contributed by atoms with Crippen molar-refractivity contribution in [2.24, 2.45) is 0 Å². The van der Waals surface area contributed by atoms with Crippen molar-refractivity contribution in [3.63, 3.8) is 0 Å². The number of nitrogens with zero attached hydrogens (tertiary/aromatic N) is 4. The van der Waals surface area contributed by atoms with Crippen LogP contribution >= 0.6 is 0 Å². The van der Waals surface area contributed by atoms with Crippen molar-refractivity contribution in [2.75, 3.05) is 11.9 Å². The van der Waals surface area contributed by atoms with E-state index in [2.05, 4.69) is 118 Å². The number of benzene rings is 3. The molecule has 0 saturated heterocycles. The minimum Gasteiger partial charge on any atom is -0.510 e. The van der Waals surface area contributed by atoms with Crippen LogP contribution in [-0.4, -0.2) is 21.5 Å². The van der Waals surface area contributed by atoms with E-state index in [0.717, 1.165) is 33.3 Å². The minimum atomic E-state index is -0.0544. The molecule has 0 N–H and O–H groups in total. The molecule has 6 rings (SSSR count). The molecule has 5 nitrogen and oxygen atoms in total. The third-order valence-corrected chi connectivity index (χ3v) is 7.36. The SMILES string of the molecule is C.CN1C=CN(c2[c-]c(Oc3[c-]c4c(cc3)c3ccccc3n4-c3cc(C(C)(C)C)ccn3)cc(C(C)(C)C)c2)[CH-]1.[Pt]. The molecule has 0 fully saturated rings. The Kier molecular flexibility index (Phi) is 8.67. The van der Waals surface area contributed by atoms with Gasteiger partial charge in [0.2, 0.25) is 0 Å². The van der Waals surface area contributed by atoms with Crippen molar-refractivity contribution in [3.8, 4) is 17.3 Å². The van der Waals surface area contributed by atoms with E-state index in [4.69, 9.17) is 9.72 Å². The standard InChI is InChI=1S/C35H35N4O.CH4.Pt/c1-34(2,3)24-14-15-36-33(20-24)39-31-11-9-8-10-29(31)30-13-12-27(22-32(30)39)40-28-19-25(35(4,5)6)18-26(21-28)38-17-16-37(7)23-38;;/h8-20,23H,1-7H3;1H4;/q-3;;. The van der Waals surface area contributed by atoms with Gasteiger partial charge in [0.25, 0.3) is 0 Å².